The van der Waals surface area contributed by atoms with Crippen molar-refractivity contribution < 1.29 is 9.47 Å². The second-order valence-electron chi connectivity index (χ2n) is 4.85. The third-order valence-electron chi connectivity index (χ3n) is 3.64. The Morgan fingerprint density at radius 3 is 2.78 bits per heavy atom. The molecular weight excluding hydrogens is 226 g/mol. The fraction of sp³-hybridized carbons (Fsp3) is 0.600. The summed E-state index contributed by atoms with van der Waals surface area (Å²) in [5.74, 6) is 1.59. The first kappa shape index (κ1) is 13.4. The summed E-state index contributed by atoms with van der Waals surface area (Å²) in [5.41, 5.74) is 1.29. The van der Waals surface area contributed by atoms with E-state index in [0.717, 1.165) is 31.9 Å². The number of hydrogen-bond donors (Lipinski definition) is 1. The average molecular weight is 249 g/mol. The van der Waals surface area contributed by atoms with Gasteiger partial charge >= 0.3 is 0 Å². The van der Waals surface area contributed by atoms with Crippen LogP contribution >= 0.6 is 0 Å². The van der Waals surface area contributed by atoms with Gasteiger partial charge in [0.05, 0.1) is 13.2 Å². The Balaban J connectivity index is 1.74. The van der Waals surface area contributed by atoms with E-state index in [-0.39, 0.29) is 0 Å². The highest BCUT2D eigenvalue weighted by atomic mass is 16.5. The summed E-state index contributed by atoms with van der Waals surface area (Å²) >= 11 is 0. The first-order valence-corrected chi connectivity index (χ1v) is 6.78. The Morgan fingerprint density at radius 1 is 1.33 bits per heavy atom. The largest absolute Gasteiger partial charge is 0.497 e. The molecule has 0 saturated carbocycles. The molecule has 2 rings (SSSR count). The van der Waals surface area contributed by atoms with Crippen molar-refractivity contribution in [1.82, 2.24) is 5.32 Å². The van der Waals surface area contributed by atoms with Gasteiger partial charge in [-0.3, -0.25) is 0 Å². The van der Waals surface area contributed by atoms with Gasteiger partial charge in [0.25, 0.3) is 0 Å². The molecule has 1 aromatic rings. The summed E-state index contributed by atoms with van der Waals surface area (Å²) in [7, 11) is 1.69. The molecule has 1 heterocycles. The lowest BCUT2D eigenvalue weighted by Crippen LogP contribution is -2.27. The molecule has 1 aliphatic heterocycles. The Bertz CT molecular complexity index is 350. The molecule has 3 nitrogen and oxygen atoms in total. The monoisotopic (exact) mass is 249 g/mol. The molecule has 1 aromatic carbocycles. The van der Waals surface area contributed by atoms with Crippen molar-refractivity contribution in [2.24, 2.45) is 5.92 Å². The number of nitrogens with one attached hydrogen (secondary N) is 1. The van der Waals surface area contributed by atoms with Gasteiger partial charge in [0.1, 0.15) is 5.75 Å². The van der Waals surface area contributed by atoms with Crippen LogP contribution in [0.2, 0.25) is 0 Å². The highest BCUT2D eigenvalue weighted by Crippen LogP contribution is 2.22. The summed E-state index contributed by atoms with van der Waals surface area (Å²) in [5, 5.41) is 3.52. The summed E-state index contributed by atoms with van der Waals surface area (Å²) < 4.78 is 10.8. The molecule has 3 heteroatoms. The maximum Gasteiger partial charge on any atom is 0.118 e. The lowest BCUT2D eigenvalue weighted by molar-refractivity contribution is 0.0872. The molecule has 1 fully saturated rings. The summed E-state index contributed by atoms with van der Waals surface area (Å²) in [4.78, 5) is 0. The zero-order valence-corrected chi connectivity index (χ0v) is 11.3. The van der Waals surface area contributed by atoms with Crippen molar-refractivity contribution in [1.29, 1.82) is 0 Å². The van der Waals surface area contributed by atoms with Crippen LogP contribution in [0.5, 0.6) is 5.75 Å². The number of methoxy groups -OCH3 is 1. The smallest absolute Gasteiger partial charge is 0.118 e. The van der Waals surface area contributed by atoms with Crippen LogP contribution in [0.4, 0.5) is 0 Å². The van der Waals surface area contributed by atoms with Gasteiger partial charge in [-0.25, -0.2) is 0 Å². The minimum absolute atomic E-state index is 0.452. The molecule has 1 aliphatic rings. The van der Waals surface area contributed by atoms with E-state index in [0.29, 0.717) is 12.0 Å². The molecule has 0 bridgehead atoms. The van der Waals surface area contributed by atoms with Crippen LogP contribution in [0.25, 0.3) is 0 Å². The van der Waals surface area contributed by atoms with E-state index in [1.807, 2.05) is 12.1 Å². The third-order valence-corrected chi connectivity index (χ3v) is 3.64. The lowest BCUT2D eigenvalue weighted by Gasteiger charge is -2.17. The molecule has 0 radical (unpaired) electrons. The first-order valence-electron chi connectivity index (χ1n) is 6.78. The SMILES string of the molecule is CCC1OCCC1CNCc1ccc(OC)cc1. The lowest BCUT2D eigenvalue weighted by atomic mass is 9.99. The number of benzene rings is 1. The van der Waals surface area contributed by atoms with Crippen molar-refractivity contribution in [3.63, 3.8) is 0 Å². The van der Waals surface area contributed by atoms with Gasteiger partial charge in [0.2, 0.25) is 0 Å². The Kier molecular flexibility index (Phi) is 5.02. The molecule has 18 heavy (non-hydrogen) atoms. The van der Waals surface area contributed by atoms with Crippen molar-refractivity contribution in [3.05, 3.63) is 29.8 Å². The van der Waals surface area contributed by atoms with Crippen molar-refractivity contribution in [2.45, 2.75) is 32.4 Å². The van der Waals surface area contributed by atoms with Crippen LogP contribution in [0, 0.1) is 5.92 Å². The minimum atomic E-state index is 0.452. The molecule has 0 amide bonds. The standard InChI is InChI=1S/C15H23NO2/c1-3-15-13(8-9-18-15)11-16-10-12-4-6-14(17-2)7-5-12/h4-7,13,15-16H,3,8-11H2,1-2H3. The Morgan fingerprint density at radius 2 is 2.11 bits per heavy atom. The first-order chi connectivity index (χ1) is 8.83. The second-order valence-corrected chi connectivity index (χ2v) is 4.85. The van der Waals surface area contributed by atoms with Crippen molar-refractivity contribution in [3.8, 4) is 5.75 Å². The maximum absolute atomic E-state index is 5.69. The van der Waals surface area contributed by atoms with Crippen LogP contribution in [-0.2, 0) is 11.3 Å². The Labute approximate surface area is 109 Å². The van der Waals surface area contributed by atoms with Gasteiger partial charge in [0, 0.05) is 19.7 Å². The fourth-order valence-electron chi connectivity index (χ4n) is 2.52. The van der Waals surface area contributed by atoms with Gasteiger partial charge < -0.3 is 14.8 Å². The molecule has 2 unspecified atom stereocenters. The van der Waals surface area contributed by atoms with Gasteiger partial charge in [-0.2, -0.15) is 0 Å². The summed E-state index contributed by atoms with van der Waals surface area (Å²) in [6.07, 6.45) is 2.76. The van der Waals surface area contributed by atoms with E-state index in [1.165, 1.54) is 12.0 Å². The predicted molar refractivity (Wildman–Crippen MR) is 72.8 cm³/mol. The van der Waals surface area contributed by atoms with E-state index in [1.54, 1.807) is 7.11 Å². The van der Waals surface area contributed by atoms with Gasteiger partial charge in [-0.15, -0.1) is 0 Å². The van der Waals surface area contributed by atoms with E-state index in [9.17, 15) is 0 Å². The second kappa shape index (κ2) is 6.76. The Hall–Kier alpha value is -1.06. The molecule has 0 aliphatic carbocycles. The van der Waals surface area contributed by atoms with E-state index in [4.69, 9.17) is 9.47 Å². The zero-order valence-electron chi connectivity index (χ0n) is 11.3. The van der Waals surface area contributed by atoms with E-state index >= 15 is 0 Å². The van der Waals surface area contributed by atoms with Crippen LogP contribution in [0.1, 0.15) is 25.3 Å². The van der Waals surface area contributed by atoms with E-state index < -0.39 is 0 Å². The topological polar surface area (TPSA) is 30.5 Å². The van der Waals surface area contributed by atoms with Gasteiger partial charge in [0.15, 0.2) is 0 Å². The molecular formula is C15H23NO2. The zero-order chi connectivity index (χ0) is 12.8. The van der Waals surface area contributed by atoms with Crippen LogP contribution in [-0.4, -0.2) is 26.4 Å². The molecule has 1 N–H and O–H groups in total. The van der Waals surface area contributed by atoms with Gasteiger partial charge in [-0.05, 0) is 36.5 Å². The van der Waals surface area contributed by atoms with Crippen molar-refractivity contribution in [2.75, 3.05) is 20.3 Å². The summed E-state index contributed by atoms with van der Waals surface area (Å²) in [6, 6.07) is 8.22. The maximum atomic E-state index is 5.69. The van der Waals surface area contributed by atoms with E-state index in [2.05, 4.69) is 24.4 Å². The average Bonchev–Trinajstić information content (AvgIpc) is 2.87. The molecule has 100 valence electrons. The highest BCUT2D eigenvalue weighted by Gasteiger charge is 2.25. The minimum Gasteiger partial charge on any atom is -0.497 e. The molecule has 0 spiro atoms. The van der Waals surface area contributed by atoms with Gasteiger partial charge in [-0.1, -0.05) is 19.1 Å². The van der Waals surface area contributed by atoms with Crippen molar-refractivity contribution >= 4 is 0 Å². The number of rotatable bonds is 6. The number of ether oxygens (including phenoxy) is 2. The quantitative estimate of drug-likeness (QED) is 0.840. The van der Waals surface area contributed by atoms with Crippen LogP contribution in [0.3, 0.4) is 0 Å². The normalized spacial score (nSPS) is 23.2. The number of hydrogen-bond acceptors (Lipinski definition) is 3. The predicted octanol–water partition coefficient (Wildman–Crippen LogP) is 2.60. The van der Waals surface area contributed by atoms with Crippen LogP contribution in [0.15, 0.2) is 24.3 Å². The third kappa shape index (κ3) is 3.47. The summed E-state index contributed by atoms with van der Waals surface area (Å²) in [6.45, 7) is 5.08. The molecule has 2 atom stereocenters. The fourth-order valence-corrected chi connectivity index (χ4v) is 2.52. The van der Waals surface area contributed by atoms with Crippen LogP contribution < -0.4 is 10.1 Å². The highest BCUT2D eigenvalue weighted by molar-refractivity contribution is 5.26. The molecule has 1 saturated heterocycles. The molecule has 0 aromatic heterocycles.